The number of hydrogen-bond acceptors (Lipinski definition) is 5. The number of thioether (sulfide) groups is 1. The van der Waals surface area contributed by atoms with E-state index < -0.39 is 6.04 Å². The second-order valence-electron chi connectivity index (χ2n) is 6.94. The van der Waals surface area contributed by atoms with Crippen molar-refractivity contribution in [3.8, 4) is 0 Å². The molecule has 172 valence electrons. The molecule has 1 aromatic heterocycles. The SMILES string of the molecule is C=CCn1c(SCC(=O)Nc2cc(Cl)cc(Cl)c2)nnc1[C@@H](C)NC(=O)c1ccc(Cl)cc1. The number of anilines is 1. The standard InChI is InChI=1S/C22H20Cl3N5O2S/c1-3-8-30-20(13(2)26-21(32)14-4-6-15(23)7-5-14)28-29-22(30)33-12-19(31)27-18-10-16(24)9-17(25)11-18/h3-7,9-11,13H,1,8,12H2,2H3,(H,26,32)(H,27,31)/t13-/m1/s1. The zero-order valence-corrected chi connectivity index (χ0v) is 20.6. The molecule has 0 saturated carbocycles. The quantitative estimate of drug-likeness (QED) is 0.279. The van der Waals surface area contributed by atoms with Gasteiger partial charge >= 0.3 is 0 Å². The molecule has 2 amide bonds. The summed E-state index contributed by atoms with van der Waals surface area (Å²) in [5, 5.41) is 16.0. The summed E-state index contributed by atoms with van der Waals surface area (Å²) in [5.74, 6) is 0.116. The smallest absolute Gasteiger partial charge is 0.251 e. The molecule has 0 saturated heterocycles. The van der Waals surface area contributed by atoms with Gasteiger partial charge in [-0.2, -0.15) is 0 Å². The average Bonchev–Trinajstić information content (AvgIpc) is 3.15. The predicted octanol–water partition coefficient (Wildman–Crippen LogP) is 5.65. The average molecular weight is 525 g/mol. The zero-order valence-electron chi connectivity index (χ0n) is 17.5. The molecule has 0 bridgehead atoms. The Kier molecular flexibility index (Phi) is 8.80. The molecule has 0 aliphatic heterocycles. The minimum atomic E-state index is -0.433. The molecular formula is C22H20Cl3N5O2S. The fraction of sp³-hybridized carbons (Fsp3) is 0.182. The number of hydrogen-bond donors (Lipinski definition) is 2. The van der Waals surface area contributed by atoms with E-state index in [9.17, 15) is 9.59 Å². The lowest BCUT2D eigenvalue weighted by molar-refractivity contribution is -0.113. The summed E-state index contributed by atoms with van der Waals surface area (Å²) in [5.41, 5.74) is 0.985. The number of nitrogens with zero attached hydrogens (tertiary/aromatic N) is 3. The number of halogens is 3. The Morgan fingerprint density at radius 2 is 1.76 bits per heavy atom. The summed E-state index contributed by atoms with van der Waals surface area (Å²) >= 11 is 19.0. The van der Waals surface area contributed by atoms with Gasteiger partial charge in [-0.05, 0) is 49.4 Å². The Hall–Kier alpha value is -2.52. The minimum absolute atomic E-state index is 0.0882. The minimum Gasteiger partial charge on any atom is -0.342 e. The first kappa shape index (κ1) is 25.1. The maximum Gasteiger partial charge on any atom is 0.251 e. The van der Waals surface area contributed by atoms with Crippen LogP contribution in [0.25, 0.3) is 0 Å². The van der Waals surface area contributed by atoms with Crippen LogP contribution in [0.1, 0.15) is 29.1 Å². The van der Waals surface area contributed by atoms with Gasteiger partial charge in [-0.15, -0.1) is 16.8 Å². The van der Waals surface area contributed by atoms with Gasteiger partial charge in [0, 0.05) is 32.9 Å². The van der Waals surface area contributed by atoms with Crippen LogP contribution in [0.3, 0.4) is 0 Å². The van der Waals surface area contributed by atoms with Gasteiger partial charge in [0.1, 0.15) is 0 Å². The Morgan fingerprint density at radius 3 is 2.39 bits per heavy atom. The number of nitrogens with one attached hydrogen (secondary N) is 2. The van der Waals surface area contributed by atoms with Crippen molar-refractivity contribution >= 4 is 64.1 Å². The summed E-state index contributed by atoms with van der Waals surface area (Å²) in [6.07, 6.45) is 1.69. The number of benzene rings is 2. The molecule has 2 N–H and O–H groups in total. The highest BCUT2D eigenvalue weighted by atomic mass is 35.5. The maximum absolute atomic E-state index is 12.5. The molecule has 0 fully saturated rings. The van der Waals surface area contributed by atoms with Crippen molar-refractivity contribution in [3.63, 3.8) is 0 Å². The van der Waals surface area contributed by atoms with Crippen molar-refractivity contribution < 1.29 is 9.59 Å². The van der Waals surface area contributed by atoms with E-state index in [1.54, 1.807) is 53.1 Å². The second-order valence-corrected chi connectivity index (χ2v) is 9.19. The third-order valence-electron chi connectivity index (χ3n) is 4.38. The number of carbonyl (C=O) groups is 2. The van der Waals surface area contributed by atoms with E-state index in [0.29, 0.717) is 43.8 Å². The van der Waals surface area contributed by atoms with Gasteiger partial charge < -0.3 is 15.2 Å². The fourth-order valence-corrected chi connectivity index (χ4v) is 4.33. The van der Waals surface area contributed by atoms with Gasteiger partial charge in [0.15, 0.2) is 11.0 Å². The molecule has 2 aromatic carbocycles. The van der Waals surface area contributed by atoms with Gasteiger partial charge in [-0.1, -0.05) is 52.6 Å². The van der Waals surface area contributed by atoms with E-state index in [0.717, 1.165) is 0 Å². The van der Waals surface area contributed by atoms with E-state index >= 15 is 0 Å². The van der Waals surface area contributed by atoms with Crippen molar-refractivity contribution in [2.75, 3.05) is 11.1 Å². The van der Waals surface area contributed by atoms with E-state index in [1.807, 2.05) is 6.92 Å². The van der Waals surface area contributed by atoms with Crippen LogP contribution in [0, 0.1) is 0 Å². The number of allylic oxidation sites excluding steroid dienone is 1. The van der Waals surface area contributed by atoms with Crippen LogP contribution in [0.5, 0.6) is 0 Å². The number of rotatable bonds is 9. The first-order chi connectivity index (χ1) is 15.8. The summed E-state index contributed by atoms with van der Waals surface area (Å²) < 4.78 is 1.80. The Balaban J connectivity index is 1.66. The van der Waals surface area contributed by atoms with Gasteiger partial charge in [-0.3, -0.25) is 9.59 Å². The molecule has 3 rings (SSSR count). The monoisotopic (exact) mass is 523 g/mol. The lowest BCUT2D eigenvalue weighted by Gasteiger charge is -2.15. The van der Waals surface area contributed by atoms with Gasteiger partial charge in [0.2, 0.25) is 5.91 Å². The van der Waals surface area contributed by atoms with Crippen LogP contribution in [0.2, 0.25) is 15.1 Å². The molecule has 0 aliphatic rings. The van der Waals surface area contributed by atoms with Crippen molar-refractivity contribution in [3.05, 3.63) is 81.6 Å². The normalized spacial score (nSPS) is 11.6. The molecular weight excluding hydrogens is 505 g/mol. The molecule has 0 aliphatic carbocycles. The molecule has 33 heavy (non-hydrogen) atoms. The highest BCUT2D eigenvalue weighted by Gasteiger charge is 2.20. The Bertz CT molecular complexity index is 1150. The van der Waals surface area contributed by atoms with Gasteiger partial charge in [0.25, 0.3) is 5.91 Å². The van der Waals surface area contributed by atoms with Crippen molar-refractivity contribution in [1.29, 1.82) is 0 Å². The van der Waals surface area contributed by atoms with Gasteiger partial charge in [0.05, 0.1) is 11.8 Å². The molecule has 0 radical (unpaired) electrons. The van der Waals surface area contributed by atoms with Gasteiger partial charge in [-0.25, -0.2) is 0 Å². The lowest BCUT2D eigenvalue weighted by Crippen LogP contribution is -2.28. The Labute approximate surface area is 210 Å². The van der Waals surface area contributed by atoms with E-state index in [4.69, 9.17) is 34.8 Å². The number of amides is 2. The largest absolute Gasteiger partial charge is 0.342 e. The topological polar surface area (TPSA) is 88.9 Å². The number of carbonyl (C=O) groups excluding carboxylic acids is 2. The number of aromatic nitrogens is 3. The Morgan fingerprint density at radius 1 is 1.09 bits per heavy atom. The molecule has 0 spiro atoms. The van der Waals surface area contributed by atoms with Crippen molar-refractivity contribution in [2.45, 2.75) is 24.7 Å². The maximum atomic E-state index is 12.5. The van der Waals surface area contributed by atoms with Crippen molar-refractivity contribution in [1.82, 2.24) is 20.1 Å². The van der Waals surface area contributed by atoms with Crippen molar-refractivity contribution in [2.24, 2.45) is 0 Å². The molecule has 3 aromatic rings. The first-order valence-corrected chi connectivity index (χ1v) is 11.9. The van der Waals surface area contributed by atoms with Crippen LogP contribution in [0.4, 0.5) is 5.69 Å². The summed E-state index contributed by atoms with van der Waals surface area (Å²) in [7, 11) is 0. The third-order valence-corrected chi connectivity index (χ3v) is 6.03. The summed E-state index contributed by atoms with van der Waals surface area (Å²) in [6.45, 7) is 5.99. The molecule has 0 unspecified atom stereocenters. The van der Waals surface area contributed by atoms with E-state index in [2.05, 4.69) is 27.4 Å². The van der Waals surface area contributed by atoms with E-state index in [-0.39, 0.29) is 17.6 Å². The van der Waals surface area contributed by atoms with Crippen LogP contribution in [-0.2, 0) is 11.3 Å². The molecule has 1 heterocycles. The highest BCUT2D eigenvalue weighted by Crippen LogP contribution is 2.24. The zero-order chi connectivity index (χ0) is 24.0. The third kappa shape index (κ3) is 6.98. The second kappa shape index (κ2) is 11.6. The molecule has 1 atom stereocenters. The lowest BCUT2D eigenvalue weighted by atomic mass is 10.2. The first-order valence-electron chi connectivity index (χ1n) is 9.76. The van der Waals surface area contributed by atoms with Crippen LogP contribution in [0.15, 0.2) is 60.3 Å². The van der Waals surface area contributed by atoms with Crippen LogP contribution < -0.4 is 10.6 Å². The van der Waals surface area contributed by atoms with Crippen LogP contribution >= 0.6 is 46.6 Å². The predicted molar refractivity (Wildman–Crippen MR) is 133 cm³/mol. The summed E-state index contributed by atoms with van der Waals surface area (Å²) in [6, 6.07) is 11.0. The highest BCUT2D eigenvalue weighted by molar-refractivity contribution is 7.99. The molecule has 11 heteroatoms. The van der Waals surface area contributed by atoms with E-state index in [1.165, 1.54) is 11.8 Å². The summed E-state index contributed by atoms with van der Waals surface area (Å²) in [4.78, 5) is 24.9. The fourth-order valence-electron chi connectivity index (χ4n) is 2.93. The van der Waals surface area contributed by atoms with Crippen LogP contribution in [-0.4, -0.2) is 32.3 Å². The molecule has 7 nitrogen and oxygen atoms in total.